The molecular weight excluding hydrogens is 505 g/mol. The number of halogens is 1. The van der Waals surface area contributed by atoms with Gasteiger partial charge in [-0.1, -0.05) is 103 Å². The van der Waals surface area contributed by atoms with E-state index in [2.05, 4.69) is 110 Å². The highest BCUT2D eigenvalue weighted by Gasteiger charge is 2.50. The molecule has 0 aromatic heterocycles. The summed E-state index contributed by atoms with van der Waals surface area (Å²) in [7, 11) is 2.05. The maximum atomic E-state index is 6.89. The average molecular weight is 535 g/mol. The Bertz CT molecular complexity index is 1460. The van der Waals surface area contributed by atoms with Crippen LogP contribution >= 0.6 is 19.0 Å². The van der Waals surface area contributed by atoms with Crippen LogP contribution in [0.2, 0.25) is 5.02 Å². The van der Waals surface area contributed by atoms with Crippen molar-refractivity contribution in [2.45, 2.75) is 0 Å². The van der Waals surface area contributed by atoms with Gasteiger partial charge in [0.25, 0.3) is 0 Å². The molecule has 0 aliphatic carbocycles. The van der Waals surface area contributed by atoms with Crippen molar-refractivity contribution in [3.63, 3.8) is 0 Å². The Hall–Kier alpha value is -3.68. The Balaban J connectivity index is 1.84. The van der Waals surface area contributed by atoms with Gasteiger partial charge >= 0.3 is 0 Å². The fourth-order valence-corrected chi connectivity index (χ4v) is 9.29. The van der Waals surface area contributed by atoms with Gasteiger partial charge < -0.3 is 4.74 Å². The standard InChI is InChI=1S/C34H30ClNOP/c1-36(2)38(29-19-11-5-12-20-29,30-21-13-6-14-22-30)33-26-25-32(35)34(37-28-17-9-4-10-18-28)31(33)24-23-27-15-7-3-8-16-27/h3-26H,1-2H3/q+1. The van der Waals surface area contributed by atoms with E-state index in [0.29, 0.717) is 10.8 Å². The molecule has 0 atom stereocenters. The van der Waals surface area contributed by atoms with Crippen LogP contribution in [-0.2, 0) is 0 Å². The lowest BCUT2D eigenvalue weighted by Crippen LogP contribution is -2.41. The van der Waals surface area contributed by atoms with Crippen LogP contribution in [0.15, 0.2) is 133 Å². The van der Waals surface area contributed by atoms with E-state index in [1.54, 1.807) is 0 Å². The van der Waals surface area contributed by atoms with Gasteiger partial charge in [-0.15, -0.1) is 0 Å². The SMILES string of the molecule is CN(C)[P+](c1ccccc1)(c1ccccc1)c1ccc(Cl)c(Oc2ccccc2)c1C=Cc1ccccc1. The number of para-hydroxylation sites is 1. The van der Waals surface area contributed by atoms with Crippen LogP contribution in [0.5, 0.6) is 11.5 Å². The molecule has 5 rings (SSSR count). The van der Waals surface area contributed by atoms with Crippen molar-refractivity contribution in [3.05, 3.63) is 150 Å². The zero-order valence-corrected chi connectivity index (χ0v) is 23.2. The van der Waals surface area contributed by atoms with Gasteiger partial charge in [0.2, 0.25) is 0 Å². The number of ether oxygens (including phenoxy) is 1. The van der Waals surface area contributed by atoms with Crippen LogP contribution in [0.1, 0.15) is 11.1 Å². The quantitative estimate of drug-likeness (QED) is 0.147. The molecule has 0 bridgehead atoms. The Morgan fingerprint density at radius 1 is 0.605 bits per heavy atom. The second-order valence-corrected chi connectivity index (χ2v) is 13.1. The topological polar surface area (TPSA) is 12.5 Å². The van der Waals surface area contributed by atoms with Crippen LogP contribution < -0.4 is 20.7 Å². The van der Waals surface area contributed by atoms with Gasteiger partial charge in [-0.25, -0.2) is 0 Å². The molecule has 5 aromatic carbocycles. The molecule has 188 valence electrons. The first-order valence-corrected chi connectivity index (χ1v) is 14.7. The Labute approximate surface area is 231 Å². The first-order chi connectivity index (χ1) is 18.6. The normalized spacial score (nSPS) is 11.7. The highest BCUT2D eigenvalue weighted by molar-refractivity contribution is 7.93. The molecule has 0 heterocycles. The monoisotopic (exact) mass is 534 g/mol. The summed E-state index contributed by atoms with van der Waals surface area (Å²) in [6, 6.07) is 45.8. The van der Waals surface area contributed by atoms with Gasteiger partial charge in [-0.3, -0.25) is 0 Å². The van der Waals surface area contributed by atoms with Gasteiger partial charge in [0.1, 0.15) is 21.7 Å². The Morgan fingerprint density at radius 3 is 1.63 bits per heavy atom. The lowest BCUT2D eigenvalue weighted by Gasteiger charge is -2.33. The number of hydrogen-bond acceptors (Lipinski definition) is 2. The number of rotatable bonds is 8. The van der Waals surface area contributed by atoms with Crippen LogP contribution in [-0.4, -0.2) is 18.8 Å². The number of benzene rings is 5. The molecule has 0 saturated heterocycles. The molecule has 0 aliphatic heterocycles. The second kappa shape index (κ2) is 11.8. The van der Waals surface area contributed by atoms with Crippen molar-refractivity contribution in [1.82, 2.24) is 4.67 Å². The summed E-state index contributed by atoms with van der Waals surface area (Å²) < 4.78 is 8.91. The predicted molar refractivity (Wildman–Crippen MR) is 166 cm³/mol. The van der Waals surface area contributed by atoms with Crippen molar-refractivity contribution in [2.75, 3.05) is 14.1 Å². The summed E-state index contributed by atoms with van der Waals surface area (Å²) in [6.07, 6.45) is 4.28. The molecule has 0 spiro atoms. The molecule has 0 unspecified atom stereocenters. The maximum Gasteiger partial charge on any atom is 0.181 e. The third kappa shape index (κ3) is 5.17. The van der Waals surface area contributed by atoms with Gasteiger partial charge in [0.15, 0.2) is 13.2 Å². The minimum absolute atomic E-state index is 0.572. The van der Waals surface area contributed by atoms with E-state index in [1.165, 1.54) is 15.9 Å². The third-order valence-corrected chi connectivity index (χ3v) is 11.2. The highest BCUT2D eigenvalue weighted by Crippen LogP contribution is 2.59. The van der Waals surface area contributed by atoms with Gasteiger partial charge in [0, 0.05) is 14.1 Å². The number of hydrogen-bond donors (Lipinski definition) is 0. The van der Waals surface area contributed by atoms with Gasteiger partial charge in [-0.2, -0.15) is 4.67 Å². The molecule has 0 radical (unpaired) electrons. The molecule has 2 nitrogen and oxygen atoms in total. The summed E-state index contributed by atoms with van der Waals surface area (Å²) in [4.78, 5) is 0. The highest BCUT2D eigenvalue weighted by atomic mass is 35.5. The van der Waals surface area contributed by atoms with E-state index in [-0.39, 0.29) is 0 Å². The van der Waals surface area contributed by atoms with Crippen molar-refractivity contribution < 1.29 is 4.74 Å². The first kappa shape index (κ1) is 25.9. The zero-order valence-electron chi connectivity index (χ0n) is 21.5. The first-order valence-electron chi connectivity index (χ1n) is 12.6. The van der Waals surface area contributed by atoms with Crippen molar-refractivity contribution >= 4 is 47.1 Å². The van der Waals surface area contributed by atoms with E-state index >= 15 is 0 Å². The van der Waals surface area contributed by atoms with Crippen LogP contribution in [0.3, 0.4) is 0 Å². The largest absolute Gasteiger partial charge is 0.455 e. The summed E-state index contributed by atoms with van der Waals surface area (Å²) in [5, 5.41) is 4.28. The Morgan fingerprint density at radius 2 is 1.11 bits per heavy atom. The fourth-order valence-electron chi connectivity index (χ4n) is 4.85. The van der Waals surface area contributed by atoms with Gasteiger partial charge in [0.05, 0.1) is 10.6 Å². The molecule has 4 heteroatoms. The van der Waals surface area contributed by atoms with E-state index in [4.69, 9.17) is 16.3 Å². The Kier molecular flexibility index (Phi) is 8.05. The molecular formula is C34H30ClNOP+. The summed E-state index contributed by atoms with van der Waals surface area (Å²) in [5.41, 5.74) is 2.08. The summed E-state index contributed by atoms with van der Waals surface area (Å²) in [6.45, 7) is 0. The molecule has 5 aromatic rings. The second-order valence-electron chi connectivity index (χ2n) is 9.12. The minimum atomic E-state index is -2.29. The molecule has 0 saturated carbocycles. The molecule has 0 aliphatic rings. The van der Waals surface area contributed by atoms with E-state index in [0.717, 1.165) is 16.9 Å². The lowest BCUT2D eigenvalue weighted by molar-refractivity contribution is 0.482. The van der Waals surface area contributed by atoms with Crippen molar-refractivity contribution in [2.24, 2.45) is 0 Å². The molecule has 0 N–H and O–H groups in total. The molecule has 38 heavy (non-hydrogen) atoms. The van der Waals surface area contributed by atoms with Crippen LogP contribution in [0, 0.1) is 0 Å². The van der Waals surface area contributed by atoms with E-state index in [9.17, 15) is 0 Å². The third-order valence-electron chi connectivity index (χ3n) is 6.54. The zero-order chi connectivity index (χ0) is 26.4. The van der Waals surface area contributed by atoms with Crippen LogP contribution in [0.4, 0.5) is 0 Å². The maximum absolute atomic E-state index is 6.89. The van der Waals surface area contributed by atoms with Crippen molar-refractivity contribution in [3.8, 4) is 11.5 Å². The van der Waals surface area contributed by atoms with Gasteiger partial charge in [-0.05, 0) is 60.2 Å². The van der Waals surface area contributed by atoms with E-state index in [1.807, 2.05) is 54.6 Å². The molecule has 0 amide bonds. The van der Waals surface area contributed by atoms with E-state index < -0.39 is 7.41 Å². The summed E-state index contributed by atoms with van der Waals surface area (Å²) >= 11 is 6.89. The fraction of sp³-hybridized carbons (Fsp3) is 0.0588. The number of nitrogens with zero attached hydrogens (tertiary/aromatic N) is 1. The van der Waals surface area contributed by atoms with Crippen LogP contribution in [0.25, 0.3) is 12.2 Å². The minimum Gasteiger partial charge on any atom is -0.455 e. The average Bonchev–Trinajstić information content (AvgIpc) is 2.96. The lowest BCUT2D eigenvalue weighted by atomic mass is 10.1. The smallest absolute Gasteiger partial charge is 0.181 e. The molecule has 0 fully saturated rings. The van der Waals surface area contributed by atoms with Crippen molar-refractivity contribution in [1.29, 1.82) is 0 Å². The summed E-state index contributed by atoms with van der Waals surface area (Å²) in [5.74, 6) is 1.40. The predicted octanol–water partition coefficient (Wildman–Crippen LogP) is 8.07.